The number of aryl methyl sites for hydroxylation is 1. The second-order valence-electron chi connectivity index (χ2n) is 5.79. The average molecular weight is 266 g/mol. The Hall–Kier alpha value is -1.67. The first-order valence-electron chi connectivity index (χ1n) is 7.52. The first kappa shape index (κ1) is 13.3. The quantitative estimate of drug-likeness (QED) is 0.863. The number of benzene rings is 1. The van der Waals surface area contributed by atoms with Gasteiger partial charge in [-0.3, -0.25) is 4.98 Å². The van der Waals surface area contributed by atoms with E-state index in [0.717, 1.165) is 18.9 Å². The summed E-state index contributed by atoms with van der Waals surface area (Å²) in [5, 5.41) is 3.74. The number of hydrogen-bond acceptors (Lipinski definition) is 2. The van der Waals surface area contributed by atoms with Crippen LogP contribution in [0, 0.1) is 12.8 Å². The van der Waals surface area contributed by atoms with E-state index in [1.807, 2.05) is 18.5 Å². The minimum absolute atomic E-state index is 0.521. The van der Waals surface area contributed by atoms with E-state index in [4.69, 9.17) is 0 Å². The van der Waals surface area contributed by atoms with Gasteiger partial charge in [-0.05, 0) is 55.8 Å². The number of hydrogen-bond donors (Lipinski definition) is 1. The molecule has 20 heavy (non-hydrogen) atoms. The zero-order valence-electron chi connectivity index (χ0n) is 12.0. The summed E-state index contributed by atoms with van der Waals surface area (Å²) in [6, 6.07) is 13.7. The Labute approximate surface area is 121 Å². The summed E-state index contributed by atoms with van der Waals surface area (Å²) in [5.74, 6) is 0.826. The van der Waals surface area contributed by atoms with Crippen LogP contribution in [0.1, 0.15) is 35.6 Å². The molecule has 1 atom stereocenters. The first-order chi connectivity index (χ1) is 9.83. The second kappa shape index (κ2) is 6.19. The van der Waals surface area contributed by atoms with Crippen molar-refractivity contribution < 1.29 is 0 Å². The fourth-order valence-electron chi connectivity index (χ4n) is 2.68. The van der Waals surface area contributed by atoms with Crippen LogP contribution in [0.4, 0.5) is 0 Å². The van der Waals surface area contributed by atoms with Crippen molar-refractivity contribution in [3.63, 3.8) is 0 Å². The van der Waals surface area contributed by atoms with E-state index in [2.05, 4.69) is 47.6 Å². The molecule has 1 aromatic carbocycles. The molecule has 1 unspecified atom stereocenters. The molecule has 0 aliphatic heterocycles. The highest BCUT2D eigenvalue weighted by Crippen LogP contribution is 2.40. The van der Waals surface area contributed by atoms with E-state index < -0.39 is 0 Å². The Morgan fingerprint density at radius 3 is 2.65 bits per heavy atom. The molecular weight excluding hydrogens is 244 g/mol. The molecule has 104 valence electrons. The van der Waals surface area contributed by atoms with Crippen LogP contribution in [0.25, 0.3) is 0 Å². The van der Waals surface area contributed by atoms with Crippen molar-refractivity contribution in [1.82, 2.24) is 10.3 Å². The number of rotatable bonds is 6. The number of aromatic nitrogens is 1. The molecule has 1 aromatic heterocycles. The minimum Gasteiger partial charge on any atom is -0.309 e. The van der Waals surface area contributed by atoms with Gasteiger partial charge in [-0.1, -0.05) is 35.9 Å². The van der Waals surface area contributed by atoms with Crippen LogP contribution in [-0.4, -0.2) is 11.5 Å². The zero-order valence-corrected chi connectivity index (χ0v) is 12.0. The number of nitrogens with zero attached hydrogens (tertiary/aromatic N) is 1. The molecule has 2 heteroatoms. The summed E-state index contributed by atoms with van der Waals surface area (Å²) in [4.78, 5) is 4.17. The Balaban J connectivity index is 1.59. The van der Waals surface area contributed by atoms with Crippen molar-refractivity contribution >= 4 is 0 Å². The van der Waals surface area contributed by atoms with Crippen molar-refractivity contribution in [1.29, 1.82) is 0 Å². The molecular formula is C18H22N2. The zero-order chi connectivity index (χ0) is 13.8. The molecule has 2 aromatic rings. The summed E-state index contributed by atoms with van der Waals surface area (Å²) in [6.45, 7) is 3.16. The van der Waals surface area contributed by atoms with Gasteiger partial charge in [-0.15, -0.1) is 0 Å². The Morgan fingerprint density at radius 2 is 2.00 bits per heavy atom. The summed E-state index contributed by atoms with van der Waals surface area (Å²) >= 11 is 0. The van der Waals surface area contributed by atoms with E-state index in [-0.39, 0.29) is 0 Å². The van der Waals surface area contributed by atoms with Gasteiger partial charge in [0, 0.05) is 18.4 Å². The van der Waals surface area contributed by atoms with Crippen LogP contribution in [-0.2, 0) is 6.42 Å². The largest absolute Gasteiger partial charge is 0.309 e. The molecule has 0 amide bonds. The third-order valence-electron chi connectivity index (χ3n) is 4.03. The SMILES string of the molecule is Cc1ccc(C(NCCc2cccnc2)C2CC2)cc1. The summed E-state index contributed by atoms with van der Waals surface area (Å²) in [7, 11) is 0. The standard InChI is InChI=1S/C18H22N2/c1-14-4-6-16(7-5-14)18(17-8-9-17)20-12-10-15-3-2-11-19-13-15/h2-7,11,13,17-18,20H,8-10,12H2,1H3. The molecule has 0 saturated heterocycles. The van der Waals surface area contributed by atoms with Crippen LogP contribution in [0.15, 0.2) is 48.8 Å². The first-order valence-corrected chi connectivity index (χ1v) is 7.52. The van der Waals surface area contributed by atoms with Gasteiger partial charge in [0.05, 0.1) is 0 Å². The van der Waals surface area contributed by atoms with Crippen LogP contribution >= 0.6 is 0 Å². The normalized spacial score (nSPS) is 16.1. The number of nitrogens with one attached hydrogen (secondary N) is 1. The third kappa shape index (κ3) is 3.45. The second-order valence-corrected chi connectivity index (χ2v) is 5.79. The molecule has 0 radical (unpaired) electrons. The number of pyridine rings is 1. The highest BCUT2D eigenvalue weighted by atomic mass is 14.9. The Kier molecular flexibility index (Phi) is 4.12. The van der Waals surface area contributed by atoms with Crippen LogP contribution < -0.4 is 5.32 Å². The maximum absolute atomic E-state index is 4.17. The van der Waals surface area contributed by atoms with Gasteiger partial charge in [-0.2, -0.15) is 0 Å². The highest BCUT2D eigenvalue weighted by molar-refractivity contribution is 5.25. The van der Waals surface area contributed by atoms with Crippen LogP contribution in [0.5, 0.6) is 0 Å². The monoisotopic (exact) mass is 266 g/mol. The van der Waals surface area contributed by atoms with Crippen molar-refractivity contribution in [3.05, 3.63) is 65.5 Å². The summed E-state index contributed by atoms with van der Waals surface area (Å²) in [5.41, 5.74) is 4.07. The van der Waals surface area contributed by atoms with E-state index >= 15 is 0 Å². The molecule has 0 bridgehead atoms. The summed E-state index contributed by atoms with van der Waals surface area (Å²) in [6.07, 6.45) is 7.55. The average Bonchev–Trinajstić information content (AvgIpc) is 3.31. The van der Waals surface area contributed by atoms with Gasteiger partial charge >= 0.3 is 0 Å². The maximum atomic E-state index is 4.17. The third-order valence-corrected chi connectivity index (χ3v) is 4.03. The molecule has 1 N–H and O–H groups in total. The van der Waals surface area contributed by atoms with Crippen molar-refractivity contribution in [2.24, 2.45) is 5.92 Å². The molecule has 1 saturated carbocycles. The van der Waals surface area contributed by atoms with Gasteiger partial charge in [0.1, 0.15) is 0 Å². The van der Waals surface area contributed by atoms with Crippen molar-refractivity contribution in [2.45, 2.75) is 32.2 Å². The van der Waals surface area contributed by atoms with Crippen LogP contribution in [0.2, 0.25) is 0 Å². The lowest BCUT2D eigenvalue weighted by Crippen LogP contribution is -2.25. The fourth-order valence-corrected chi connectivity index (χ4v) is 2.68. The molecule has 1 aliphatic carbocycles. The molecule has 0 spiro atoms. The van der Waals surface area contributed by atoms with Gasteiger partial charge in [0.15, 0.2) is 0 Å². The van der Waals surface area contributed by atoms with Gasteiger partial charge in [-0.25, -0.2) is 0 Å². The van der Waals surface area contributed by atoms with Gasteiger partial charge < -0.3 is 5.32 Å². The fraction of sp³-hybridized carbons (Fsp3) is 0.389. The molecule has 1 fully saturated rings. The van der Waals surface area contributed by atoms with E-state index in [1.165, 1.54) is 29.5 Å². The molecule has 2 nitrogen and oxygen atoms in total. The predicted octanol–water partition coefficient (Wildman–Crippen LogP) is 3.67. The highest BCUT2D eigenvalue weighted by Gasteiger charge is 2.31. The Bertz CT molecular complexity index is 529. The lowest BCUT2D eigenvalue weighted by Gasteiger charge is -2.19. The van der Waals surface area contributed by atoms with Crippen molar-refractivity contribution in [3.8, 4) is 0 Å². The molecule has 1 heterocycles. The van der Waals surface area contributed by atoms with E-state index in [1.54, 1.807) is 0 Å². The molecule has 3 rings (SSSR count). The smallest absolute Gasteiger partial charge is 0.0348 e. The Morgan fingerprint density at radius 1 is 1.20 bits per heavy atom. The lowest BCUT2D eigenvalue weighted by atomic mass is 10.0. The summed E-state index contributed by atoms with van der Waals surface area (Å²) < 4.78 is 0. The van der Waals surface area contributed by atoms with Gasteiger partial charge in [0.2, 0.25) is 0 Å². The predicted molar refractivity (Wildman–Crippen MR) is 82.6 cm³/mol. The molecule has 1 aliphatic rings. The van der Waals surface area contributed by atoms with E-state index in [0.29, 0.717) is 6.04 Å². The maximum Gasteiger partial charge on any atom is 0.0348 e. The van der Waals surface area contributed by atoms with Gasteiger partial charge in [0.25, 0.3) is 0 Å². The van der Waals surface area contributed by atoms with Crippen molar-refractivity contribution in [2.75, 3.05) is 6.54 Å². The lowest BCUT2D eigenvalue weighted by molar-refractivity contribution is 0.484. The van der Waals surface area contributed by atoms with E-state index in [9.17, 15) is 0 Å². The minimum atomic E-state index is 0.521. The topological polar surface area (TPSA) is 24.9 Å². The van der Waals surface area contributed by atoms with Crippen LogP contribution in [0.3, 0.4) is 0 Å².